The maximum absolute atomic E-state index is 9.34. The second-order valence-electron chi connectivity index (χ2n) is 2.97. The van der Waals surface area contributed by atoms with Crippen LogP contribution in [0.5, 0.6) is 0 Å². The molecule has 0 aromatic rings. The van der Waals surface area contributed by atoms with Crippen LogP contribution >= 0.6 is 0 Å². The van der Waals surface area contributed by atoms with E-state index in [2.05, 4.69) is 0 Å². The molecular weight excluding hydrogens is 126 g/mol. The van der Waals surface area contributed by atoms with Gasteiger partial charge in [0.25, 0.3) is 0 Å². The molecule has 0 bridgehead atoms. The summed E-state index contributed by atoms with van der Waals surface area (Å²) in [5, 5.41) is 9.34. The molecule has 1 rings (SSSR count). The van der Waals surface area contributed by atoms with Gasteiger partial charge < -0.3 is 10.8 Å². The smallest absolute Gasteiger partial charge is 0.0930 e. The van der Waals surface area contributed by atoms with Gasteiger partial charge in [0.15, 0.2) is 0 Å². The van der Waals surface area contributed by atoms with Crippen molar-refractivity contribution >= 4 is 0 Å². The molecule has 0 aromatic carbocycles. The molecule has 0 aliphatic heterocycles. The van der Waals surface area contributed by atoms with Gasteiger partial charge >= 0.3 is 0 Å². The average molecular weight is 141 g/mol. The summed E-state index contributed by atoms with van der Waals surface area (Å²) in [5.41, 5.74) is 6.70. The minimum atomic E-state index is 0.0419. The zero-order chi connectivity index (χ0) is 7.56. The summed E-state index contributed by atoms with van der Waals surface area (Å²) in [5.74, 6) is 0.543. The van der Waals surface area contributed by atoms with E-state index in [1.54, 1.807) is 0 Å². The number of allylic oxidation sites excluding steroid dienone is 1. The highest BCUT2D eigenvalue weighted by atomic mass is 16.3. The van der Waals surface area contributed by atoms with Crippen LogP contribution in [0, 0.1) is 0 Å². The Morgan fingerprint density at radius 2 is 2.00 bits per heavy atom. The molecule has 0 amide bonds. The minimum Gasteiger partial charge on any atom is -0.512 e. The quantitative estimate of drug-likeness (QED) is 0.584. The number of nitrogens with two attached hydrogens (primary N) is 1. The molecule has 3 N–H and O–H groups in total. The topological polar surface area (TPSA) is 46.2 Å². The van der Waals surface area contributed by atoms with E-state index in [9.17, 15) is 5.11 Å². The number of rotatable bonds is 1. The summed E-state index contributed by atoms with van der Waals surface area (Å²) in [7, 11) is 0. The van der Waals surface area contributed by atoms with Gasteiger partial charge in [0.05, 0.1) is 5.76 Å². The highest BCUT2D eigenvalue weighted by molar-refractivity contribution is 5.15. The molecule has 0 fully saturated rings. The van der Waals surface area contributed by atoms with Gasteiger partial charge in [0.1, 0.15) is 0 Å². The molecule has 2 nitrogen and oxygen atoms in total. The zero-order valence-corrected chi connectivity index (χ0v) is 6.43. The number of hydrogen-bond donors (Lipinski definition) is 2. The van der Waals surface area contributed by atoms with Gasteiger partial charge in [-0.25, -0.2) is 0 Å². The van der Waals surface area contributed by atoms with Gasteiger partial charge in [0.2, 0.25) is 0 Å². The monoisotopic (exact) mass is 141 g/mol. The molecule has 0 heterocycles. The summed E-state index contributed by atoms with van der Waals surface area (Å²) in [6.07, 6.45) is 4.11. The first-order chi connectivity index (χ1) is 4.72. The molecule has 10 heavy (non-hydrogen) atoms. The first-order valence-electron chi connectivity index (χ1n) is 3.88. The highest BCUT2D eigenvalue weighted by Gasteiger charge is 2.13. The standard InChI is InChI=1S/C8H15NO/c1-6(9)7-4-2-3-5-8(7)10/h6,10H,2-5,9H2,1H3. The largest absolute Gasteiger partial charge is 0.512 e. The van der Waals surface area contributed by atoms with Crippen LogP contribution in [0.25, 0.3) is 0 Å². The maximum Gasteiger partial charge on any atom is 0.0930 e. The van der Waals surface area contributed by atoms with Crippen LogP contribution in [0.1, 0.15) is 32.6 Å². The Morgan fingerprint density at radius 3 is 2.40 bits per heavy atom. The molecule has 1 aliphatic carbocycles. The predicted molar refractivity (Wildman–Crippen MR) is 41.8 cm³/mol. The third kappa shape index (κ3) is 1.51. The molecule has 1 atom stereocenters. The van der Waals surface area contributed by atoms with E-state index in [1.165, 1.54) is 6.42 Å². The SMILES string of the molecule is CC(N)C1=C(O)CCCC1. The van der Waals surface area contributed by atoms with Gasteiger partial charge in [-0.3, -0.25) is 0 Å². The van der Waals surface area contributed by atoms with E-state index in [-0.39, 0.29) is 6.04 Å². The van der Waals surface area contributed by atoms with Crippen molar-refractivity contribution in [3.05, 3.63) is 11.3 Å². The van der Waals surface area contributed by atoms with Crippen molar-refractivity contribution in [3.63, 3.8) is 0 Å². The van der Waals surface area contributed by atoms with Crippen LogP contribution in [0.3, 0.4) is 0 Å². The number of aliphatic hydroxyl groups is 1. The fourth-order valence-electron chi connectivity index (χ4n) is 1.40. The summed E-state index contributed by atoms with van der Waals surface area (Å²) in [4.78, 5) is 0. The Bertz CT molecular complexity index is 149. The molecule has 0 aromatic heterocycles. The third-order valence-corrected chi connectivity index (χ3v) is 2.03. The number of aliphatic hydroxyl groups excluding tert-OH is 1. The highest BCUT2D eigenvalue weighted by Crippen LogP contribution is 2.23. The molecule has 0 radical (unpaired) electrons. The fourth-order valence-corrected chi connectivity index (χ4v) is 1.40. The molecule has 0 spiro atoms. The Hall–Kier alpha value is -0.500. The normalized spacial score (nSPS) is 23.0. The predicted octanol–water partition coefficient (Wildman–Crippen LogP) is 1.72. The molecule has 0 saturated heterocycles. The van der Waals surface area contributed by atoms with E-state index in [0.29, 0.717) is 5.76 Å². The van der Waals surface area contributed by atoms with Gasteiger partial charge in [-0.2, -0.15) is 0 Å². The van der Waals surface area contributed by atoms with Gasteiger partial charge in [0, 0.05) is 12.5 Å². The first-order valence-corrected chi connectivity index (χ1v) is 3.88. The van der Waals surface area contributed by atoms with E-state index in [4.69, 9.17) is 5.73 Å². The lowest BCUT2D eigenvalue weighted by Gasteiger charge is -2.18. The summed E-state index contributed by atoms with van der Waals surface area (Å²) in [6, 6.07) is 0.0419. The maximum atomic E-state index is 9.34. The van der Waals surface area contributed by atoms with E-state index >= 15 is 0 Å². The van der Waals surface area contributed by atoms with Crippen molar-refractivity contribution in [2.75, 3.05) is 0 Å². The van der Waals surface area contributed by atoms with Crippen LogP contribution in [0.15, 0.2) is 11.3 Å². The van der Waals surface area contributed by atoms with Crippen LogP contribution in [0.4, 0.5) is 0 Å². The first kappa shape index (κ1) is 7.61. The summed E-state index contributed by atoms with van der Waals surface area (Å²) < 4.78 is 0. The van der Waals surface area contributed by atoms with Crippen LogP contribution in [-0.4, -0.2) is 11.1 Å². The number of hydrogen-bond acceptors (Lipinski definition) is 2. The van der Waals surface area contributed by atoms with Gasteiger partial charge in [-0.1, -0.05) is 0 Å². The van der Waals surface area contributed by atoms with Crippen molar-refractivity contribution in [2.45, 2.75) is 38.6 Å². The molecular formula is C8H15NO. The van der Waals surface area contributed by atoms with Crippen molar-refractivity contribution in [3.8, 4) is 0 Å². The van der Waals surface area contributed by atoms with Crippen molar-refractivity contribution in [2.24, 2.45) is 5.73 Å². The Labute approximate surface area is 61.7 Å². The molecule has 2 heteroatoms. The Morgan fingerprint density at radius 1 is 1.40 bits per heavy atom. The second-order valence-corrected chi connectivity index (χ2v) is 2.97. The lowest BCUT2D eigenvalue weighted by molar-refractivity contribution is 0.352. The Balaban J connectivity index is 2.68. The van der Waals surface area contributed by atoms with Gasteiger partial charge in [-0.15, -0.1) is 0 Å². The van der Waals surface area contributed by atoms with Crippen LogP contribution < -0.4 is 5.73 Å². The van der Waals surface area contributed by atoms with Crippen molar-refractivity contribution < 1.29 is 5.11 Å². The lowest BCUT2D eigenvalue weighted by Crippen LogP contribution is -2.21. The van der Waals surface area contributed by atoms with Crippen molar-refractivity contribution in [1.82, 2.24) is 0 Å². The second kappa shape index (κ2) is 3.06. The summed E-state index contributed by atoms with van der Waals surface area (Å²) >= 11 is 0. The van der Waals surface area contributed by atoms with E-state index in [1.807, 2.05) is 6.92 Å². The fraction of sp³-hybridized carbons (Fsp3) is 0.750. The third-order valence-electron chi connectivity index (χ3n) is 2.03. The molecule has 0 saturated carbocycles. The van der Waals surface area contributed by atoms with E-state index < -0.39 is 0 Å². The van der Waals surface area contributed by atoms with Crippen LogP contribution in [0.2, 0.25) is 0 Å². The van der Waals surface area contributed by atoms with Crippen LogP contribution in [-0.2, 0) is 0 Å². The molecule has 58 valence electrons. The summed E-state index contributed by atoms with van der Waals surface area (Å²) in [6.45, 7) is 1.93. The lowest BCUT2D eigenvalue weighted by atomic mass is 9.93. The Kier molecular flexibility index (Phi) is 2.33. The minimum absolute atomic E-state index is 0.0419. The average Bonchev–Trinajstić information content (AvgIpc) is 1.88. The molecule has 1 unspecified atom stereocenters. The van der Waals surface area contributed by atoms with E-state index in [0.717, 1.165) is 24.8 Å². The zero-order valence-electron chi connectivity index (χ0n) is 6.43. The van der Waals surface area contributed by atoms with Crippen molar-refractivity contribution in [1.29, 1.82) is 0 Å². The molecule has 1 aliphatic rings. The van der Waals surface area contributed by atoms with Gasteiger partial charge in [-0.05, 0) is 31.8 Å².